The molecule has 3 aromatic rings. The summed E-state index contributed by atoms with van der Waals surface area (Å²) in [6, 6.07) is 14.7. The van der Waals surface area contributed by atoms with E-state index in [0.29, 0.717) is 22.6 Å². The molecule has 1 N–H and O–H groups in total. The van der Waals surface area contributed by atoms with Gasteiger partial charge in [-0.25, -0.2) is 4.68 Å². The monoisotopic (exact) mass is 395 g/mol. The fraction of sp³-hybridized carbons (Fsp3) is 0.190. The molecule has 0 spiro atoms. The van der Waals surface area contributed by atoms with Gasteiger partial charge in [-0.2, -0.15) is 5.10 Å². The smallest absolute Gasteiger partial charge is 0.325 e. The summed E-state index contributed by atoms with van der Waals surface area (Å²) in [5, 5.41) is 6.97. The summed E-state index contributed by atoms with van der Waals surface area (Å²) in [6.45, 7) is -0.251. The van der Waals surface area contributed by atoms with Gasteiger partial charge in [0.05, 0.1) is 27.0 Å². The number of esters is 1. The van der Waals surface area contributed by atoms with Gasteiger partial charge in [0.25, 0.3) is 5.91 Å². The average molecular weight is 395 g/mol. The van der Waals surface area contributed by atoms with Gasteiger partial charge in [0, 0.05) is 11.8 Å². The normalized spacial score (nSPS) is 10.3. The summed E-state index contributed by atoms with van der Waals surface area (Å²) in [5.74, 6) is 0.0603. The van der Waals surface area contributed by atoms with Gasteiger partial charge in [0.15, 0.2) is 17.2 Å². The van der Waals surface area contributed by atoms with E-state index in [4.69, 9.17) is 9.47 Å². The molecule has 0 aliphatic rings. The number of hydrogen-bond donors (Lipinski definition) is 1. The predicted octanol–water partition coefficient (Wildman–Crippen LogP) is 2.46. The maximum atomic E-state index is 12.7. The minimum atomic E-state index is -0.548. The Hall–Kier alpha value is -3.81. The van der Waals surface area contributed by atoms with E-state index >= 15 is 0 Å². The Kier molecular flexibility index (Phi) is 6.13. The van der Waals surface area contributed by atoms with E-state index in [1.165, 1.54) is 7.11 Å². The molecule has 0 atom stereocenters. The molecule has 0 aliphatic carbocycles. The number of aromatic nitrogens is 2. The second-order valence-corrected chi connectivity index (χ2v) is 6.00. The third-order valence-electron chi connectivity index (χ3n) is 4.27. The highest BCUT2D eigenvalue weighted by Gasteiger charge is 2.20. The lowest BCUT2D eigenvalue weighted by atomic mass is 10.1. The molecule has 0 unspecified atom stereocenters. The molecule has 1 aromatic heterocycles. The summed E-state index contributed by atoms with van der Waals surface area (Å²) in [4.78, 5) is 24.1. The van der Waals surface area contributed by atoms with Crippen LogP contribution in [0.4, 0.5) is 0 Å². The van der Waals surface area contributed by atoms with Gasteiger partial charge in [0.2, 0.25) is 0 Å². The first-order valence-corrected chi connectivity index (χ1v) is 8.80. The number of nitrogens with one attached hydrogen (secondary N) is 1. The highest BCUT2D eigenvalue weighted by atomic mass is 16.5. The predicted molar refractivity (Wildman–Crippen MR) is 106 cm³/mol. The number of para-hydroxylation sites is 1. The molecule has 0 bridgehead atoms. The largest absolute Gasteiger partial charge is 0.493 e. The van der Waals surface area contributed by atoms with Crippen LogP contribution in [0.3, 0.4) is 0 Å². The summed E-state index contributed by atoms with van der Waals surface area (Å²) >= 11 is 0. The van der Waals surface area contributed by atoms with Gasteiger partial charge in [-0.15, -0.1) is 0 Å². The van der Waals surface area contributed by atoms with Crippen LogP contribution in [0, 0.1) is 0 Å². The number of carbonyl (C=O) groups excluding carboxylic acids is 2. The van der Waals surface area contributed by atoms with Gasteiger partial charge >= 0.3 is 5.97 Å². The number of benzene rings is 2. The molecule has 8 nitrogen and oxygen atoms in total. The number of carbonyl (C=O) groups is 2. The second-order valence-electron chi connectivity index (χ2n) is 6.00. The van der Waals surface area contributed by atoms with E-state index in [-0.39, 0.29) is 12.2 Å². The quantitative estimate of drug-likeness (QED) is 0.618. The van der Waals surface area contributed by atoms with Gasteiger partial charge in [-0.1, -0.05) is 24.3 Å². The van der Waals surface area contributed by atoms with Crippen LogP contribution < -0.4 is 14.8 Å². The first kappa shape index (κ1) is 19.9. The molecule has 0 aliphatic heterocycles. The van der Waals surface area contributed by atoms with Crippen molar-refractivity contribution in [3.05, 3.63) is 60.4 Å². The van der Waals surface area contributed by atoms with Crippen molar-refractivity contribution in [1.29, 1.82) is 0 Å². The molecule has 0 fully saturated rings. The lowest BCUT2D eigenvalue weighted by Gasteiger charge is -2.09. The molecular weight excluding hydrogens is 374 g/mol. The van der Waals surface area contributed by atoms with E-state index in [1.54, 1.807) is 37.2 Å². The number of amides is 1. The number of methoxy groups -OCH3 is 3. The zero-order chi connectivity index (χ0) is 20.8. The average Bonchev–Trinajstić information content (AvgIpc) is 3.22. The second kappa shape index (κ2) is 8.92. The lowest BCUT2D eigenvalue weighted by Crippen LogP contribution is -2.30. The number of rotatable bonds is 7. The van der Waals surface area contributed by atoms with Crippen molar-refractivity contribution in [3.63, 3.8) is 0 Å². The Labute approximate surface area is 168 Å². The van der Waals surface area contributed by atoms with E-state index in [1.807, 2.05) is 36.4 Å². The van der Waals surface area contributed by atoms with E-state index in [2.05, 4.69) is 15.2 Å². The van der Waals surface area contributed by atoms with Crippen molar-refractivity contribution < 1.29 is 23.8 Å². The lowest BCUT2D eigenvalue weighted by molar-refractivity contribution is -0.139. The zero-order valence-corrected chi connectivity index (χ0v) is 16.3. The summed E-state index contributed by atoms with van der Waals surface area (Å²) in [5.41, 5.74) is 2.26. The third kappa shape index (κ3) is 4.37. The Morgan fingerprint density at radius 2 is 1.72 bits per heavy atom. The van der Waals surface area contributed by atoms with Gasteiger partial charge in [-0.05, 0) is 29.8 Å². The highest BCUT2D eigenvalue weighted by molar-refractivity contribution is 6.00. The van der Waals surface area contributed by atoms with Crippen LogP contribution in [-0.4, -0.2) is 49.5 Å². The van der Waals surface area contributed by atoms with Crippen molar-refractivity contribution in [3.8, 4) is 28.3 Å². The van der Waals surface area contributed by atoms with E-state index in [9.17, 15) is 9.59 Å². The standard InChI is InChI=1S/C21H21N3O5/c1-27-17-10-9-14(11-18(17)28-2)16-13-24(15-7-5-4-6-8-15)23-20(16)21(26)22-12-19(25)29-3/h4-11,13H,12H2,1-3H3,(H,22,26). The molecule has 0 saturated heterocycles. The highest BCUT2D eigenvalue weighted by Crippen LogP contribution is 2.33. The van der Waals surface area contributed by atoms with Crippen LogP contribution in [0.2, 0.25) is 0 Å². The van der Waals surface area contributed by atoms with Crippen molar-refractivity contribution in [2.45, 2.75) is 0 Å². The van der Waals surface area contributed by atoms with Gasteiger partial charge in [0.1, 0.15) is 6.54 Å². The van der Waals surface area contributed by atoms with Crippen molar-refractivity contribution in [2.75, 3.05) is 27.9 Å². The molecular formula is C21H21N3O5. The molecule has 1 amide bonds. The van der Waals surface area contributed by atoms with E-state index < -0.39 is 11.9 Å². The van der Waals surface area contributed by atoms with Crippen LogP contribution >= 0.6 is 0 Å². The van der Waals surface area contributed by atoms with Gasteiger partial charge in [-0.3, -0.25) is 9.59 Å². The minimum absolute atomic E-state index is 0.171. The molecule has 0 saturated carbocycles. The van der Waals surface area contributed by atoms with Crippen LogP contribution in [0.5, 0.6) is 11.5 Å². The van der Waals surface area contributed by atoms with Crippen molar-refractivity contribution >= 4 is 11.9 Å². The molecule has 2 aromatic carbocycles. The zero-order valence-electron chi connectivity index (χ0n) is 16.3. The van der Waals surface area contributed by atoms with Crippen LogP contribution in [0.25, 0.3) is 16.8 Å². The first-order chi connectivity index (χ1) is 14.1. The Balaban J connectivity index is 2.05. The fourth-order valence-electron chi connectivity index (χ4n) is 2.78. The molecule has 0 radical (unpaired) electrons. The molecule has 3 rings (SSSR count). The fourth-order valence-corrected chi connectivity index (χ4v) is 2.78. The summed E-state index contributed by atoms with van der Waals surface area (Å²) < 4.78 is 16.8. The molecule has 8 heteroatoms. The topological polar surface area (TPSA) is 91.7 Å². The summed E-state index contributed by atoms with van der Waals surface area (Å²) in [7, 11) is 4.35. The Morgan fingerprint density at radius 3 is 2.38 bits per heavy atom. The summed E-state index contributed by atoms with van der Waals surface area (Å²) in [6.07, 6.45) is 1.75. The Morgan fingerprint density at radius 1 is 1.00 bits per heavy atom. The maximum absolute atomic E-state index is 12.7. The SMILES string of the molecule is COC(=O)CNC(=O)c1nn(-c2ccccc2)cc1-c1ccc(OC)c(OC)c1. The van der Waals surface area contributed by atoms with Crippen LogP contribution in [-0.2, 0) is 9.53 Å². The Bertz CT molecular complexity index is 1010. The van der Waals surface area contributed by atoms with Crippen LogP contribution in [0.1, 0.15) is 10.5 Å². The minimum Gasteiger partial charge on any atom is -0.493 e. The molecule has 1 heterocycles. The maximum Gasteiger partial charge on any atom is 0.325 e. The van der Waals surface area contributed by atoms with Crippen molar-refractivity contribution in [1.82, 2.24) is 15.1 Å². The van der Waals surface area contributed by atoms with E-state index in [0.717, 1.165) is 5.69 Å². The number of nitrogens with zero attached hydrogens (tertiary/aromatic N) is 2. The van der Waals surface area contributed by atoms with Crippen molar-refractivity contribution in [2.24, 2.45) is 0 Å². The van der Waals surface area contributed by atoms with Crippen LogP contribution in [0.15, 0.2) is 54.7 Å². The van der Waals surface area contributed by atoms with Gasteiger partial charge < -0.3 is 19.5 Å². The number of hydrogen-bond acceptors (Lipinski definition) is 6. The third-order valence-corrected chi connectivity index (χ3v) is 4.27. The number of ether oxygens (including phenoxy) is 3. The molecule has 150 valence electrons. The molecule has 29 heavy (non-hydrogen) atoms. The first-order valence-electron chi connectivity index (χ1n) is 8.80.